The normalized spacial score (nSPS) is 10.9. The zero-order chi connectivity index (χ0) is 10.7. The maximum absolute atomic E-state index is 12.3. The molecule has 1 heterocycles. The van der Waals surface area contributed by atoms with Crippen molar-refractivity contribution in [2.24, 2.45) is 5.73 Å². The van der Waals surface area contributed by atoms with E-state index in [9.17, 15) is 8.78 Å². The van der Waals surface area contributed by atoms with Gasteiger partial charge >= 0.3 is 0 Å². The molecule has 4 nitrogen and oxygen atoms in total. The Balaban J connectivity index is 3.23. The highest BCUT2D eigenvalue weighted by Gasteiger charge is 2.16. The standard InChI is InChI=1S/C8H11F2N3O/c9-8(10)7-5(12)1-4(2-11)6(3-14)13-7/h1,8,14H,2-3,11-12H2. The highest BCUT2D eigenvalue weighted by Crippen LogP contribution is 2.24. The molecule has 1 aromatic heterocycles. The van der Waals surface area contributed by atoms with Crippen molar-refractivity contribution in [1.29, 1.82) is 0 Å². The van der Waals surface area contributed by atoms with Crippen molar-refractivity contribution in [3.8, 4) is 0 Å². The third kappa shape index (κ3) is 1.97. The fourth-order valence-electron chi connectivity index (χ4n) is 1.12. The van der Waals surface area contributed by atoms with Crippen LogP contribution in [0.1, 0.15) is 23.4 Å². The molecule has 5 N–H and O–H groups in total. The average molecular weight is 203 g/mol. The molecule has 14 heavy (non-hydrogen) atoms. The van der Waals surface area contributed by atoms with Crippen molar-refractivity contribution < 1.29 is 13.9 Å². The van der Waals surface area contributed by atoms with Gasteiger partial charge in [-0.3, -0.25) is 0 Å². The van der Waals surface area contributed by atoms with Crippen molar-refractivity contribution in [3.63, 3.8) is 0 Å². The van der Waals surface area contributed by atoms with Crippen LogP contribution < -0.4 is 11.5 Å². The molecule has 0 atom stereocenters. The summed E-state index contributed by atoms with van der Waals surface area (Å²) >= 11 is 0. The van der Waals surface area contributed by atoms with Crippen LogP contribution in [0.25, 0.3) is 0 Å². The number of aliphatic hydroxyl groups excluding tert-OH is 1. The number of halogens is 2. The summed E-state index contributed by atoms with van der Waals surface area (Å²) in [7, 11) is 0. The number of aliphatic hydroxyl groups is 1. The van der Waals surface area contributed by atoms with Crippen molar-refractivity contribution in [1.82, 2.24) is 4.98 Å². The third-order valence-electron chi connectivity index (χ3n) is 1.83. The third-order valence-corrected chi connectivity index (χ3v) is 1.83. The molecular formula is C8H11F2N3O. The number of hydrogen-bond donors (Lipinski definition) is 3. The monoisotopic (exact) mass is 203 g/mol. The molecule has 0 aromatic carbocycles. The summed E-state index contributed by atoms with van der Waals surface area (Å²) in [4.78, 5) is 3.56. The van der Waals surface area contributed by atoms with E-state index in [1.165, 1.54) is 6.07 Å². The Morgan fingerprint density at radius 3 is 2.57 bits per heavy atom. The van der Waals surface area contributed by atoms with Gasteiger partial charge in [-0.05, 0) is 11.6 Å². The molecule has 0 fully saturated rings. The molecule has 1 aromatic rings. The second-order valence-electron chi connectivity index (χ2n) is 2.73. The lowest BCUT2D eigenvalue weighted by molar-refractivity contribution is 0.146. The first-order valence-corrected chi connectivity index (χ1v) is 3.97. The van der Waals surface area contributed by atoms with Crippen LogP contribution >= 0.6 is 0 Å². The summed E-state index contributed by atoms with van der Waals surface area (Å²) < 4.78 is 24.6. The van der Waals surface area contributed by atoms with Gasteiger partial charge in [-0.15, -0.1) is 0 Å². The van der Waals surface area contributed by atoms with Crippen molar-refractivity contribution >= 4 is 5.69 Å². The highest BCUT2D eigenvalue weighted by molar-refractivity contribution is 5.47. The molecule has 0 saturated heterocycles. The number of hydrogen-bond acceptors (Lipinski definition) is 4. The number of rotatable bonds is 3. The molecule has 1 rings (SSSR count). The summed E-state index contributed by atoms with van der Waals surface area (Å²) in [5, 5.41) is 8.84. The predicted molar refractivity (Wildman–Crippen MR) is 47.4 cm³/mol. The van der Waals surface area contributed by atoms with Gasteiger partial charge < -0.3 is 16.6 Å². The second kappa shape index (κ2) is 4.30. The molecule has 0 unspecified atom stereocenters. The van der Waals surface area contributed by atoms with Gasteiger partial charge in [0.1, 0.15) is 5.69 Å². The Morgan fingerprint density at radius 1 is 1.50 bits per heavy atom. The van der Waals surface area contributed by atoms with Crippen LogP contribution in [0.2, 0.25) is 0 Å². The van der Waals surface area contributed by atoms with Crippen LogP contribution in [0, 0.1) is 0 Å². The smallest absolute Gasteiger partial charge is 0.282 e. The Labute approximate surface area is 79.6 Å². The molecule has 0 aliphatic heterocycles. The Morgan fingerprint density at radius 2 is 2.14 bits per heavy atom. The van der Waals surface area contributed by atoms with Crippen molar-refractivity contribution in [3.05, 3.63) is 23.0 Å². The molecule has 0 saturated carbocycles. The van der Waals surface area contributed by atoms with Gasteiger partial charge in [0, 0.05) is 6.54 Å². The Kier molecular flexibility index (Phi) is 3.32. The average Bonchev–Trinajstić information content (AvgIpc) is 2.16. The topological polar surface area (TPSA) is 85.2 Å². The van der Waals surface area contributed by atoms with Crippen molar-refractivity contribution in [2.75, 3.05) is 5.73 Å². The Hall–Kier alpha value is -1.27. The first-order chi connectivity index (χ1) is 6.60. The van der Waals surface area contributed by atoms with Crippen LogP contribution in [0.3, 0.4) is 0 Å². The number of alkyl halides is 2. The van der Waals surface area contributed by atoms with E-state index in [2.05, 4.69) is 4.98 Å². The first kappa shape index (κ1) is 10.8. The minimum atomic E-state index is -2.74. The summed E-state index contributed by atoms with van der Waals surface area (Å²) in [5.41, 5.74) is 10.7. The summed E-state index contributed by atoms with van der Waals surface area (Å²) in [6.07, 6.45) is -2.74. The minimum Gasteiger partial charge on any atom is -0.397 e. The quantitative estimate of drug-likeness (QED) is 0.669. The predicted octanol–water partition coefficient (Wildman–Crippen LogP) is 0.552. The summed E-state index contributed by atoms with van der Waals surface area (Å²) in [5.74, 6) is 0. The van der Waals surface area contributed by atoms with Gasteiger partial charge in [0.15, 0.2) is 0 Å². The molecule has 78 valence electrons. The van der Waals surface area contributed by atoms with E-state index in [1.807, 2.05) is 0 Å². The number of nitrogens with two attached hydrogens (primary N) is 2. The molecular weight excluding hydrogens is 192 g/mol. The molecule has 0 aliphatic rings. The largest absolute Gasteiger partial charge is 0.397 e. The van der Waals surface area contributed by atoms with E-state index in [0.29, 0.717) is 5.56 Å². The summed E-state index contributed by atoms with van der Waals surface area (Å²) in [6, 6.07) is 1.32. The van der Waals surface area contributed by atoms with Crippen LogP contribution in [0.4, 0.5) is 14.5 Å². The highest BCUT2D eigenvalue weighted by atomic mass is 19.3. The molecule has 0 radical (unpaired) electrons. The van der Waals surface area contributed by atoms with Crippen LogP contribution in [-0.2, 0) is 13.2 Å². The van der Waals surface area contributed by atoms with Gasteiger partial charge in [-0.2, -0.15) is 0 Å². The minimum absolute atomic E-state index is 0.0994. The molecule has 0 amide bonds. The number of anilines is 1. The van der Waals surface area contributed by atoms with Crippen LogP contribution in [-0.4, -0.2) is 10.1 Å². The van der Waals surface area contributed by atoms with Gasteiger partial charge in [0.05, 0.1) is 18.0 Å². The van der Waals surface area contributed by atoms with Crippen LogP contribution in [0.5, 0.6) is 0 Å². The number of pyridine rings is 1. The lowest BCUT2D eigenvalue weighted by Crippen LogP contribution is -2.09. The number of aromatic nitrogens is 1. The van der Waals surface area contributed by atoms with Gasteiger partial charge in [-0.1, -0.05) is 0 Å². The van der Waals surface area contributed by atoms with Gasteiger partial charge in [-0.25, -0.2) is 13.8 Å². The fraction of sp³-hybridized carbons (Fsp3) is 0.375. The summed E-state index contributed by atoms with van der Waals surface area (Å²) in [6.45, 7) is -0.316. The number of nitrogens with zero attached hydrogens (tertiary/aromatic N) is 1. The lowest BCUT2D eigenvalue weighted by Gasteiger charge is -2.09. The molecule has 0 aliphatic carbocycles. The van der Waals surface area contributed by atoms with Crippen molar-refractivity contribution in [2.45, 2.75) is 19.6 Å². The van der Waals surface area contributed by atoms with E-state index in [0.717, 1.165) is 0 Å². The SMILES string of the molecule is NCc1cc(N)c(C(F)F)nc1CO. The zero-order valence-corrected chi connectivity index (χ0v) is 7.37. The van der Waals surface area contributed by atoms with E-state index >= 15 is 0 Å². The van der Waals surface area contributed by atoms with E-state index < -0.39 is 18.7 Å². The zero-order valence-electron chi connectivity index (χ0n) is 7.37. The maximum Gasteiger partial charge on any atom is 0.282 e. The molecule has 0 spiro atoms. The fourth-order valence-corrected chi connectivity index (χ4v) is 1.12. The van der Waals surface area contributed by atoms with Crippen LogP contribution in [0.15, 0.2) is 6.07 Å². The number of nitrogen functional groups attached to an aromatic ring is 1. The first-order valence-electron chi connectivity index (χ1n) is 3.97. The lowest BCUT2D eigenvalue weighted by atomic mass is 10.1. The van der Waals surface area contributed by atoms with E-state index in [-0.39, 0.29) is 17.9 Å². The van der Waals surface area contributed by atoms with Gasteiger partial charge in [0.2, 0.25) is 0 Å². The maximum atomic E-state index is 12.3. The molecule has 0 bridgehead atoms. The van der Waals surface area contributed by atoms with E-state index in [1.54, 1.807) is 0 Å². The van der Waals surface area contributed by atoms with E-state index in [4.69, 9.17) is 16.6 Å². The molecule has 6 heteroatoms. The van der Waals surface area contributed by atoms with Gasteiger partial charge in [0.25, 0.3) is 6.43 Å². The second-order valence-corrected chi connectivity index (χ2v) is 2.73. The Bertz CT molecular complexity index is 331.